The zero-order valence-corrected chi connectivity index (χ0v) is 17.2. The van der Waals surface area contributed by atoms with Gasteiger partial charge >= 0.3 is 11.9 Å². The van der Waals surface area contributed by atoms with Crippen LogP contribution in [0.5, 0.6) is 0 Å². The fourth-order valence-corrected chi connectivity index (χ4v) is 3.26. The van der Waals surface area contributed by atoms with Gasteiger partial charge in [0.1, 0.15) is 12.1 Å². The minimum atomic E-state index is -1.15. The Balaban J connectivity index is 2.89. The molecule has 0 saturated heterocycles. The molecule has 156 valence electrons. The lowest BCUT2D eigenvalue weighted by atomic mass is 10.0. The zero-order valence-electron chi connectivity index (χ0n) is 16.3. The van der Waals surface area contributed by atoms with Crippen LogP contribution in [0.25, 0.3) is 0 Å². The third-order valence-electron chi connectivity index (χ3n) is 3.74. The number of nitriles is 1. The Morgan fingerprint density at radius 2 is 1.66 bits per heavy atom. The number of hydrogen-bond acceptors (Lipinski definition) is 8. The number of rotatable bonds is 10. The average Bonchev–Trinajstić information content (AvgIpc) is 2.72. The van der Waals surface area contributed by atoms with Crippen molar-refractivity contribution in [2.24, 2.45) is 0 Å². The van der Waals surface area contributed by atoms with Crippen LogP contribution in [0, 0.1) is 11.3 Å². The minimum absolute atomic E-state index is 0.0934. The summed E-state index contributed by atoms with van der Waals surface area (Å²) in [6.07, 6.45) is 0.219. The first kappa shape index (κ1) is 24.0. The standard InChI is InChI=1S/C19H23N3O6S/c1-12(23)21-14(9-13-7-5-4-6-8-13)17(24)22-15(18(25)27-2)11-29-16(10-20)19(26)28-3/h4-8,14-16H,9,11H2,1-3H3,(H,21,23)(H,22,24)/t14-,15+,16?/m0/s1. The quantitative estimate of drug-likeness (QED) is 0.511. The summed E-state index contributed by atoms with van der Waals surface area (Å²) in [6.45, 7) is 1.28. The van der Waals surface area contributed by atoms with Crippen molar-refractivity contribution in [1.82, 2.24) is 10.6 Å². The van der Waals surface area contributed by atoms with Crippen LogP contribution in [0.15, 0.2) is 30.3 Å². The molecule has 1 aromatic carbocycles. The first-order chi connectivity index (χ1) is 13.8. The molecule has 0 fully saturated rings. The molecule has 0 aliphatic carbocycles. The van der Waals surface area contributed by atoms with Gasteiger partial charge in [-0.2, -0.15) is 5.26 Å². The largest absolute Gasteiger partial charge is 0.467 e. The molecule has 0 aliphatic heterocycles. The summed E-state index contributed by atoms with van der Waals surface area (Å²) in [5.74, 6) is -2.59. The Hall–Kier alpha value is -3.06. The van der Waals surface area contributed by atoms with Gasteiger partial charge in [0.05, 0.1) is 20.3 Å². The Labute approximate surface area is 173 Å². The molecule has 1 aromatic rings. The minimum Gasteiger partial charge on any atom is -0.467 e. The molecule has 9 nitrogen and oxygen atoms in total. The fourth-order valence-electron chi connectivity index (χ4n) is 2.35. The highest BCUT2D eigenvalue weighted by Gasteiger charge is 2.29. The lowest BCUT2D eigenvalue weighted by Crippen LogP contribution is -2.53. The van der Waals surface area contributed by atoms with Crippen LogP contribution >= 0.6 is 11.8 Å². The van der Waals surface area contributed by atoms with Gasteiger partial charge in [-0.05, 0) is 5.56 Å². The van der Waals surface area contributed by atoms with E-state index >= 15 is 0 Å². The van der Waals surface area contributed by atoms with E-state index < -0.39 is 41.1 Å². The molecule has 2 amide bonds. The number of amides is 2. The summed E-state index contributed by atoms with van der Waals surface area (Å²) in [6, 6.07) is 8.79. The van der Waals surface area contributed by atoms with Crippen LogP contribution in [0.1, 0.15) is 12.5 Å². The predicted molar refractivity (Wildman–Crippen MR) is 106 cm³/mol. The highest BCUT2D eigenvalue weighted by Crippen LogP contribution is 2.14. The molecule has 3 atom stereocenters. The van der Waals surface area contributed by atoms with E-state index in [4.69, 9.17) is 10.00 Å². The Morgan fingerprint density at radius 1 is 1.03 bits per heavy atom. The maximum absolute atomic E-state index is 12.7. The van der Waals surface area contributed by atoms with Crippen molar-refractivity contribution in [2.75, 3.05) is 20.0 Å². The van der Waals surface area contributed by atoms with Crippen molar-refractivity contribution >= 4 is 35.5 Å². The van der Waals surface area contributed by atoms with E-state index in [0.717, 1.165) is 31.5 Å². The van der Waals surface area contributed by atoms with Gasteiger partial charge in [0, 0.05) is 19.1 Å². The number of nitrogens with zero attached hydrogens (tertiary/aromatic N) is 1. The van der Waals surface area contributed by atoms with Gasteiger partial charge in [-0.25, -0.2) is 9.59 Å². The van der Waals surface area contributed by atoms with Crippen LogP contribution < -0.4 is 10.6 Å². The normalized spacial score (nSPS) is 13.2. The number of carbonyl (C=O) groups excluding carboxylic acids is 4. The number of nitrogens with one attached hydrogen (secondary N) is 2. The van der Waals surface area contributed by atoms with Crippen molar-refractivity contribution in [3.05, 3.63) is 35.9 Å². The lowest BCUT2D eigenvalue weighted by Gasteiger charge is -2.22. The fraction of sp³-hybridized carbons (Fsp3) is 0.421. The molecule has 0 bridgehead atoms. The van der Waals surface area contributed by atoms with E-state index in [0.29, 0.717) is 0 Å². The van der Waals surface area contributed by atoms with Gasteiger partial charge in [0.2, 0.25) is 11.8 Å². The number of esters is 2. The number of hydrogen-bond donors (Lipinski definition) is 2. The number of benzene rings is 1. The molecular formula is C19H23N3O6S. The van der Waals surface area contributed by atoms with E-state index in [2.05, 4.69) is 15.4 Å². The SMILES string of the molecule is COC(=O)C(C#N)SC[C@@H](NC(=O)[C@H](Cc1ccccc1)NC(C)=O)C(=O)OC. The van der Waals surface area contributed by atoms with Crippen LogP contribution in [-0.2, 0) is 35.1 Å². The van der Waals surface area contributed by atoms with Gasteiger partial charge in [-0.15, -0.1) is 11.8 Å². The molecule has 10 heteroatoms. The monoisotopic (exact) mass is 421 g/mol. The summed E-state index contributed by atoms with van der Waals surface area (Å²) < 4.78 is 9.21. The van der Waals surface area contributed by atoms with E-state index in [1.54, 1.807) is 18.2 Å². The van der Waals surface area contributed by atoms with Crippen LogP contribution in [0.4, 0.5) is 0 Å². The van der Waals surface area contributed by atoms with Crippen LogP contribution in [0.2, 0.25) is 0 Å². The summed E-state index contributed by atoms with van der Waals surface area (Å²) in [7, 11) is 2.30. The topological polar surface area (TPSA) is 135 Å². The third-order valence-corrected chi connectivity index (χ3v) is 4.90. The van der Waals surface area contributed by atoms with Crippen molar-refractivity contribution in [1.29, 1.82) is 5.26 Å². The summed E-state index contributed by atoms with van der Waals surface area (Å²) >= 11 is 0.839. The van der Waals surface area contributed by atoms with Gasteiger partial charge in [0.25, 0.3) is 0 Å². The Kier molecular flexibility index (Phi) is 10.3. The molecule has 1 unspecified atom stereocenters. The molecular weight excluding hydrogens is 398 g/mol. The van der Waals surface area contributed by atoms with E-state index in [1.807, 2.05) is 18.2 Å². The molecule has 0 saturated carbocycles. The van der Waals surface area contributed by atoms with E-state index in [1.165, 1.54) is 6.92 Å². The van der Waals surface area contributed by atoms with Crippen molar-refractivity contribution in [2.45, 2.75) is 30.7 Å². The number of carbonyl (C=O) groups is 4. The highest BCUT2D eigenvalue weighted by molar-refractivity contribution is 8.00. The second kappa shape index (κ2) is 12.4. The molecule has 1 rings (SSSR count). The molecule has 0 heterocycles. The number of ether oxygens (including phenoxy) is 2. The lowest BCUT2D eigenvalue weighted by molar-refractivity contribution is -0.144. The first-order valence-electron chi connectivity index (χ1n) is 8.60. The van der Waals surface area contributed by atoms with Crippen LogP contribution in [-0.4, -0.2) is 61.1 Å². The molecule has 2 N–H and O–H groups in total. The zero-order chi connectivity index (χ0) is 21.8. The maximum atomic E-state index is 12.7. The molecule has 0 spiro atoms. The smallest absolute Gasteiger partial charge is 0.333 e. The Morgan fingerprint density at radius 3 is 2.17 bits per heavy atom. The van der Waals surface area contributed by atoms with Crippen molar-refractivity contribution in [3.8, 4) is 6.07 Å². The van der Waals surface area contributed by atoms with E-state index in [-0.39, 0.29) is 12.2 Å². The number of methoxy groups -OCH3 is 2. The summed E-state index contributed by atoms with van der Waals surface area (Å²) in [4.78, 5) is 47.8. The van der Waals surface area contributed by atoms with Gasteiger partial charge in [-0.1, -0.05) is 30.3 Å². The molecule has 0 aromatic heterocycles. The first-order valence-corrected chi connectivity index (χ1v) is 9.65. The highest BCUT2D eigenvalue weighted by atomic mass is 32.2. The Bertz CT molecular complexity index is 765. The summed E-state index contributed by atoms with van der Waals surface area (Å²) in [5.41, 5.74) is 0.820. The average molecular weight is 421 g/mol. The van der Waals surface area contributed by atoms with Gasteiger partial charge in [0.15, 0.2) is 5.25 Å². The summed E-state index contributed by atoms with van der Waals surface area (Å²) in [5, 5.41) is 13.0. The van der Waals surface area contributed by atoms with Crippen LogP contribution in [0.3, 0.4) is 0 Å². The van der Waals surface area contributed by atoms with Crippen molar-refractivity contribution in [3.63, 3.8) is 0 Å². The van der Waals surface area contributed by atoms with Crippen molar-refractivity contribution < 1.29 is 28.7 Å². The van der Waals surface area contributed by atoms with Gasteiger partial charge in [-0.3, -0.25) is 9.59 Å². The van der Waals surface area contributed by atoms with Gasteiger partial charge < -0.3 is 20.1 Å². The molecule has 0 radical (unpaired) electrons. The van der Waals surface area contributed by atoms with E-state index in [9.17, 15) is 19.2 Å². The maximum Gasteiger partial charge on any atom is 0.333 e. The molecule has 0 aliphatic rings. The predicted octanol–water partition coefficient (Wildman–Crippen LogP) is 0.190. The third kappa shape index (κ3) is 8.23. The second-order valence-electron chi connectivity index (χ2n) is 5.89. The molecule has 29 heavy (non-hydrogen) atoms. The second-order valence-corrected chi connectivity index (χ2v) is 7.03. The number of thioether (sulfide) groups is 1.